The summed E-state index contributed by atoms with van der Waals surface area (Å²) in [6, 6.07) is 4.35. The predicted molar refractivity (Wildman–Crippen MR) is 83.0 cm³/mol. The standard InChI is InChI=1S/C13H21NO5S2/c1-3-7-20(15,16)8-9-21(17,18)13-10-11(19-4-2)5-6-12(13)14/h5-6,10H,3-4,7-9,14H2,1-2H3. The van der Waals surface area contributed by atoms with E-state index in [0.29, 0.717) is 18.8 Å². The molecular formula is C13H21NO5S2. The summed E-state index contributed by atoms with van der Waals surface area (Å²) >= 11 is 0. The van der Waals surface area contributed by atoms with Gasteiger partial charge in [0.2, 0.25) is 0 Å². The van der Waals surface area contributed by atoms with E-state index in [-0.39, 0.29) is 16.3 Å². The lowest BCUT2D eigenvalue weighted by atomic mass is 10.3. The Kier molecular flexibility index (Phi) is 6.03. The average Bonchev–Trinajstić information content (AvgIpc) is 2.39. The van der Waals surface area contributed by atoms with Gasteiger partial charge in [0, 0.05) is 11.8 Å². The number of nitrogens with two attached hydrogens (primary N) is 1. The summed E-state index contributed by atoms with van der Waals surface area (Å²) in [6.07, 6.45) is 0.463. The molecule has 120 valence electrons. The summed E-state index contributed by atoms with van der Waals surface area (Å²) in [7, 11) is -7.12. The van der Waals surface area contributed by atoms with Gasteiger partial charge in [0.1, 0.15) is 5.75 Å². The molecule has 0 saturated heterocycles. The smallest absolute Gasteiger partial charge is 0.181 e. The minimum atomic E-state index is -3.77. The van der Waals surface area contributed by atoms with Gasteiger partial charge in [0.15, 0.2) is 19.7 Å². The molecule has 0 bridgehead atoms. The Labute approximate surface area is 126 Å². The fourth-order valence-corrected chi connectivity index (χ4v) is 5.46. The summed E-state index contributed by atoms with van der Waals surface area (Å²) in [6.45, 7) is 3.91. The van der Waals surface area contributed by atoms with Crippen molar-refractivity contribution in [1.29, 1.82) is 0 Å². The molecule has 0 heterocycles. The summed E-state index contributed by atoms with van der Waals surface area (Å²) in [5, 5.41) is 0. The van der Waals surface area contributed by atoms with Crippen LogP contribution >= 0.6 is 0 Å². The Balaban J connectivity index is 3.00. The van der Waals surface area contributed by atoms with Crippen LogP contribution in [0.3, 0.4) is 0 Å². The van der Waals surface area contributed by atoms with E-state index in [4.69, 9.17) is 10.5 Å². The zero-order valence-electron chi connectivity index (χ0n) is 12.2. The van der Waals surface area contributed by atoms with Crippen molar-refractivity contribution in [1.82, 2.24) is 0 Å². The van der Waals surface area contributed by atoms with Crippen molar-refractivity contribution in [3.63, 3.8) is 0 Å². The van der Waals surface area contributed by atoms with E-state index < -0.39 is 31.2 Å². The summed E-state index contributed by atoms with van der Waals surface area (Å²) in [5.41, 5.74) is 5.77. The van der Waals surface area contributed by atoms with E-state index in [2.05, 4.69) is 0 Å². The summed E-state index contributed by atoms with van der Waals surface area (Å²) in [4.78, 5) is -0.0832. The Morgan fingerprint density at radius 3 is 2.29 bits per heavy atom. The molecule has 0 aliphatic carbocycles. The molecule has 1 rings (SSSR count). The molecule has 0 saturated carbocycles. The summed E-state index contributed by atoms with van der Waals surface area (Å²) < 4.78 is 53.0. The fraction of sp³-hybridized carbons (Fsp3) is 0.538. The monoisotopic (exact) mass is 335 g/mol. The fourth-order valence-electron chi connectivity index (χ4n) is 1.80. The lowest BCUT2D eigenvalue weighted by Crippen LogP contribution is -2.20. The van der Waals surface area contributed by atoms with Gasteiger partial charge in [-0.25, -0.2) is 16.8 Å². The van der Waals surface area contributed by atoms with E-state index in [0.717, 1.165) is 0 Å². The van der Waals surface area contributed by atoms with Crippen molar-refractivity contribution >= 4 is 25.4 Å². The molecule has 0 atom stereocenters. The third kappa shape index (κ3) is 5.20. The molecule has 1 aromatic carbocycles. The zero-order valence-corrected chi connectivity index (χ0v) is 13.8. The van der Waals surface area contributed by atoms with Gasteiger partial charge < -0.3 is 10.5 Å². The van der Waals surface area contributed by atoms with E-state index in [1.807, 2.05) is 0 Å². The number of hydrogen-bond donors (Lipinski definition) is 1. The van der Waals surface area contributed by atoms with Crippen molar-refractivity contribution in [2.75, 3.05) is 29.6 Å². The highest BCUT2D eigenvalue weighted by molar-refractivity contribution is 7.95. The maximum atomic E-state index is 12.3. The minimum absolute atomic E-state index is 0.0169. The molecule has 0 spiro atoms. The zero-order chi connectivity index (χ0) is 16.1. The van der Waals surface area contributed by atoms with Crippen LogP contribution in [0.2, 0.25) is 0 Å². The van der Waals surface area contributed by atoms with Gasteiger partial charge in [-0.05, 0) is 25.5 Å². The van der Waals surface area contributed by atoms with Crippen LogP contribution in [-0.4, -0.2) is 40.7 Å². The topological polar surface area (TPSA) is 104 Å². The van der Waals surface area contributed by atoms with Gasteiger partial charge in [0.05, 0.1) is 28.7 Å². The molecule has 0 amide bonds. The van der Waals surface area contributed by atoms with Crippen molar-refractivity contribution < 1.29 is 21.6 Å². The molecule has 2 N–H and O–H groups in total. The highest BCUT2D eigenvalue weighted by Crippen LogP contribution is 2.25. The lowest BCUT2D eigenvalue weighted by molar-refractivity contribution is 0.339. The van der Waals surface area contributed by atoms with Gasteiger partial charge in [-0.1, -0.05) is 6.92 Å². The molecule has 0 aliphatic heterocycles. The highest BCUT2D eigenvalue weighted by Gasteiger charge is 2.22. The Bertz CT molecular complexity index is 681. The second kappa shape index (κ2) is 7.13. The van der Waals surface area contributed by atoms with Gasteiger partial charge in [-0.15, -0.1) is 0 Å². The van der Waals surface area contributed by atoms with Gasteiger partial charge in [0.25, 0.3) is 0 Å². The van der Waals surface area contributed by atoms with Crippen LogP contribution in [0.4, 0.5) is 5.69 Å². The van der Waals surface area contributed by atoms with Gasteiger partial charge in [-0.3, -0.25) is 0 Å². The second-order valence-electron chi connectivity index (χ2n) is 4.60. The molecule has 0 aliphatic rings. The number of sulfone groups is 2. The van der Waals surface area contributed by atoms with E-state index in [1.165, 1.54) is 12.1 Å². The Morgan fingerprint density at radius 1 is 1.05 bits per heavy atom. The van der Waals surface area contributed by atoms with Crippen molar-refractivity contribution in [2.24, 2.45) is 0 Å². The van der Waals surface area contributed by atoms with Crippen LogP contribution in [0.5, 0.6) is 5.75 Å². The van der Waals surface area contributed by atoms with Crippen molar-refractivity contribution in [3.8, 4) is 5.75 Å². The van der Waals surface area contributed by atoms with E-state index in [9.17, 15) is 16.8 Å². The molecule has 0 fully saturated rings. The van der Waals surface area contributed by atoms with Crippen LogP contribution < -0.4 is 10.5 Å². The van der Waals surface area contributed by atoms with Crippen molar-refractivity contribution in [2.45, 2.75) is 25.2 Å². The van der Waals surface area contributed by atoms with Crippen molar-refractivity contribution in [3.05, 3.63) is 18.2 Å². The van der Waals surface area contributed by atoms with E-state index in [1.54, 1.807) is 19.9 Å². The Morgan fingerprint density at radius 2 is 1.71 bits per heavy atom. The quantitative estimate of drug-likeness (QED) is 0.717. The number of rotatable bonds is 8. The number of benzene rings is 1. The van der Waals surface area contributed by atoms with Crippen LogP contribution in [-0.2, 0) is 19.7 Å². The Hall–Kier alpha value is -1.28. The van der Waals surface area contributed by atoms with E-state index >= 15 is 0 Å². The normalized spacial score (nSPS) is 12.3. The first-order valence-electron chi connectivity index (χ1n) is 6.67. The third-order valence-corrected chi connectivity index (χ3v) is 6.69. The number of anilines is 1. The molecule has 0 radical (unpaired) electrons. The lowest BCUT2D eigenvalue weighted by Gasteiger charge is -2.10. The second-order valence-corrected chi connectivity index (χ2v) is 8.98. The SMILES string of the molecule is CCCS(=O)(=O)CCS(=O)(=O)c1cc(OCC)ccc1N. The van der Waals surface area contributed by atoms with Crippen LogP contribution in [0.15, 0.2) is 23.1 Å². The maximum Gasteiger partial charge on any atom is 0.181 e. The predicted octanol–water partition coefficient (Wildman–Crippen LogP) is 1.27. The molecule has 1 aromatic rings. The largest absolute Gasteiger partial charge is 0.494 e. The minimum Gasteiger partial charge on any atom is -0.494 e. The first kappa shape index (κ1) is 17.8. The molecule has 21 heavy (non-hydrogen) atoms. The molecule has 6 nitrogen and oxygen atoms in total. The third-order valence-electron chi connectivity index (χ3n) is 2.81. The molecule has 0 unspecified atom stereocenters. The highest BCUT2D eigenvalue weighted by atomic mass is 32.2. The first-order valence-corrected chi connectivity index (χ1v) is 10.1. The molecule has 0 aromatic heterocycles. The van der Waals surface area contributed by atoms with Crippen LogP contribution in [0.1, 0.15) is 20.3 Å². The first-order chi connectivity index (χ1) is 9.72. The molecular weight excluding hydrogens is 314 g/mol. The number of hydrogen-bond acceptors (Lipinski definition) is 6. The average molecular weight is 335 g/mol. The van der Waals surface area contributed by atoms with Gasteiger partial charge >= 0.3 is 0 Å². The number of ether oxygens (including phenoxy) is 1. The maximum absolute atomic E-state index is 12.3. The molecule has 8 heteroatoms. The summed E-state index contributed by atoms with van der Waals surface area (Å²) in [5.74, 6) is -0.505. The van der Waals surface area contributed by atoms with Gasteiger partial charge in [-0.2, -0.15) is 0 Å². The van der Waals surface area contributed by atoms with Crippen LogP contribution in [0.25, 0.3) is 0 Å². The van der Waals surface area contributed by atoms with Crippen LogP contribution in [0, 0.1) is 0 Å². The number of nitrogen functional groups attached to an aromatic ring is 1.